The van der Waals surface area contributed by atoms with Gasteiger partial charge in [0.05, 0.1) is 30.6 Å². The van der Waals surface area contributed by atoms with Crippen molar-refractivity contribution < 1.29 is 9.53 Å². The van der Waals surface area contributed by atoms with E-state index in [1.165, 1.54) is 17.9 Å². The molecule has 0 bridgehead atoms. The minimum absolute atomic E-state index is 0.220. The fourth-order valence-corrected chi connectivity index (χ4v) is 3.67. The zero-order chi connectivity index (χ0) is 23.4. The maximum absolute atomic E-state index is 12.4. The van der Waals surface area contributed by atoms with Crippen LogP contribution in [0.3, 0.4) is 0 Å². The number of ether oxygens (including phenoxy) is 1. The van der Waals surface area contributed by atoms with Gasteiger partial charge in [-0.15, -0.1) is 0 Å². The summed E-state index contributed by atoms with van der Waals surface area (Å²) >= 11 is 0. The lowest BCUT2D eigenvalue weighted by Gasteiger charge is -2.10. The molecule has 0 amide bonds. The van der Waals surface area contributed by atoms with Gasteiger partial charge in [-0.2, -0.15) is 10.2 Å². The predicted octanol–water partition coefficient (Wildman–Crippen LogP) is 3.08. The zero-order valence-electron chi connectivity index (χ0n) is 18.6. The van der Waals surface area contributed by atoms with E-state index in [0.29, 0.717) is 23.6 Å². The number of nitrogens with zero attached hydrogens (tertiary/aromatic N) is 4. The molecule has 2 heterocycles. The minimum atomic E-state index is -0.422. The van der Waals surface area contributed by atoms with Crippen molar-refractivity contribution in [2.75, 3.05) is 12.8 Å². The Morgan fingerprint density at radius 1 is 0.970 bits per heavy atom. The third-order valence-corrected chi connectivity index (χ3v) is 5.32. The standard InChI is InChI=1S/C25H25N5O3/c1-17-13-23(26)29(27-17)12-11-18-5-3-7-20(14-18)22-9-10-24(31)30(28-22)16-19-6-4-8-21(15-19)25(32)33-2/h3-10,13-15H,11-12,16,26H2,1-2H3. The molecule has 2 N–H and O–H groups in total. The summed E-state index contributed by atoms with van der Waals surface area (Å²) in [5.74, 6) is 0.225. The monoisotopic (exact) mass is 443 g/mol. The molecule has 2 aromatic heterocycles. The van der Waals surface area contributed by atoms with Crippen LogP contribution in [0, 0.1) is 6.92 Å². The van der Waals surface area contributed by atoms with Gasteiger partial charge in [0, 0.05) is 24.2 Å². The Morgan fingerprint density at radius 2 is 1.76 bits per heavy atom. The first-order valence-corrected chi connectivity index (χ1v) is 10.6. The number of nitrogens with two attached hydrogens (primary N) is 1. The molecule has 8 nitrogen and oxygen atoms in total. The van der Waals surface area contributed by atoms with Crippen LogP contribution in [0.25, 0.3) is 11.3 Å². The fourth-order valence-electron chi connectivity index (χ4n) is 3.67. The molecule has 0 unspecified atom stereocenters. The molecule has 8 heteroatoms. The highest BCUT2D eigenvalue weighted by Gasteiger charge is 2.09. The van der Waals surface area contributed by atoms with Crippen LogP contribution in [0.2, 0.25) is 0 Å². The van der Waals surface area contributed by atoms with Gasteiger partial charge < -0.3 is 10.5 Å². The van der Waals surface area contributed by atoms with Crippen molar-refractivity contribution in [1.82, 2.24) is 19.6 Å². The molecule has 0 radical (unpaired) electrons. The molecule has 0 atom stereocenters. The van der Waals surface area contributed by atoms with Crippen molar-refractivity contribution in [2.24, 2.45) is 0 Å². The highest BCUT2D eigenvalue weighted by Crippen LogP contribution is 2.19. The summed E-state index contributed by atoms with van der Waals surface area (Å²) < 4.78 is 7.96. The summed E-state index contributed by atoms with van der Waals surface area (Å²) in [4.78, 5) is 24.2. The van der Waals surface area contributed by atoms with Gasteiger partial charge in [-0.05, 0) is 48.7 Å². The van der Waals surface area contributed by atoms with E-state index in [-0.39, 0.29) is 12.1 Å². The van der Waals surface area contributed by atoms with Crippen molar-refractivity contribution in [3.05, 3.63) is 99.5 Å². The third-order valence-electron chi connectivity index (χ3n) is 5.32. The highest BCUT2D eigenvalue weighted by molar-refractivity contribution is 5.89. The molecule has 0 saturated heterocycles. The minimum Gasteiger partial charge on any atom is -0.465 e. The lowest BCUT2D eigenvalue weighted by atomic mass is 10.1. The highest BCUT2D eigenvalue weighted by atomic mass is 16.5. The van der Waals surface area contributed by atoms with Gasteiger partial charge in [0.15, 0.2) is 0 Å². The molecule has 168 valence electrons. The summed E-state index contributed by atoms with van der Waals surface area (Å²) in [5.41, 5.74) is 10.6. The van der Waals surface area contributed by atoms with Crippen molar-refractivity contribution >= 4 is 11.8 Å². The number of hydrogen-bond acceptors (Lipinski definition) is 6. The van der Waals surface area contributed by atoms with Crippen LogP contribution in [0.4, 0.5) is 5.82 Å². The zero-order valence-corrected chi connectivity index (χ0v) is 18.6. The van der Waals surface area contributed by atoms with E-state index in [1.807, 2.05) is 37.3 Å². The van der Waals surface area contributed by atoms with Gasteiger partial charge in [0.1, 0.15) is 5.82 Å². The Bertz CT molecular complexity index is 1360. The van der Waals surface area contributed by atoms with E-state index >= 15 is 0 Å². The quantitative estimate of drug-likeness (QED) is 0.440. The van der Waals surface area contributed by atoms with Gasteiger partial charge in [-0.25, -0.2) is 14.2 Å². The number of carbonyl (C=O) groups excluding carboxylic acids is 1. The predicted molar refractivity (Wildman–Crippen MR) is 126 cm³/mol. The molecule has 4 aromatic rings. The van der Waals surface area contributed by atoms with Crippen molar-refractivity contribution in [1.29, 1.82) is 0 Å². The van der Waals surface area contributed by atoms with Gasteiger partial charge in [0.25, 0.3) is 5.56 Å². The molecule has 4 rings (SSSR count). The van der Waals surface area contributed by atoms with Gasteiger partial charge in [-0.1, -0.05) is 30.3 Å². The maximum Gasteiger partial charge on any atom is 0.337 e. The lowest BCUT2D eigenvalue weighted by molar-refractivity contribution is 0.0600. The number of aryl methyl sites for hydroxylation is 3. The number of methoxy groups -OCH3 is 1. The number of nitrogen functional groups attached to an aromatic ring is 1. The van der Waals surface area contributed by atoms with Crippen LogP contribution in [0.15, 0.2) is 71.5 Å². The molecule has 0 aliphatic rings. The van der Waals surface area contributed by atoms with Crippen LogP contribution in [-0.4, -0.2) is 32.6 Å². The Balaban J connectivity index is 1.55. The summed E-state index contributed by atoms with van der Waals surface area (Å²) in [5, 5.41) is 8.96. The average Bonchev–Trinajstić information content (AvgIpc) is 3.15. The largest absolute Gasteiger partial charge is 0.465 e. The van der Waals surface area contributed by atoms with Crippen molar-refractivity contribution in [3.63, 3.8) is 0 Å². The molecular weight excluding hydrogens is 418 g/mol. The molecule has 0 fully saturated rings. The van der Waals surface area contributed by atoms with Gasteiger partial charge in [-0.3, -0.25) is 4.79 Å². The van der Waals surface area contributed by atoms with Crippen molar-refractivity contribution in [2.45, 2.75) is 26.4 Å². The molecule has 0 aliphatic carbocycles. The van der Waals surface area contributed by atoms with E-state index in [2.05, 4.69) is 16.3 Å². The molecule has 33 heavy (non-hydrogen) atoms. The normalized spacial score (nSPS) is 10.8. The first kappa shape index (κ1) is 22.0. The van der Waals surface area contributed by atoms with E-state index in [0.717, 1.165) is 28.8 Å². The van der Waals surface area contributed by atoms with Crippen LogP contribution in [0.5, 0.6) is 0 Å². The molecular formula is C25H25N5O3. The summed E-state index contributed by atoms with van der Waals surface area (Å²) in [6, 6.07) is 20.1. The smallest absolute Gasteiger partial charge is 0.337 e. The number of esters is 1. The Labute approximate surface area is 191 Å². The molecule has 0 saturated carbocycles. The van der Waals surface area contributed by atoms with Gasteiger partial charge in [0.2, 0.25) is 0 Å². The Kier molecular flexibility index (Phi) is 6.35. The van der Waals surface area contributed by atoms with Crippen LogP contribution >= 0.6 is 0 Å². The first-order chi connectivity index (χ1) is 15.9. The SMILES string of the molecule is COC(=O)c1cccc(Cn2nc(-c3cccc(CCn4nc(C)cc4N)c3)ccc2=O)c1. The second-order valence-corrected chi connectivity index (χ2v) is 7.79. The van der Waals surface area contributed by atoms with Crippen molar-refractivity contribution in [3.8, 4) is 11.3 Å². The lowest BCUT2D eigenvalue weighted by Crippen LogP contribution is -2.23. The van der Waals surface area contributed by atoms with Crippen LogP contribution < -0.4 is 11.3 Å². The molecule has 0 spiro atoms. The summed E-state index contributed by atoms with van der Waals surface area (Å²) in [6.45, 7) is 2.83. The van der Waals surface area contributed by atoms with Gasteiger partial charge >= 0.3 is 5.97 Å². The second-order valence-electron chi connectivity index (χ2n) is 7.79. The van der Waals surface area contributed by atoms with E-state index in [1.54, 1.807) is 28.9 Å². The number of aromatic nitrogens is 4. The number of carbonyl (C=O) groups is 1. The topological polar surface area (TPSA) is 105 Å². The first-order valence-electron chi connectivity index (χ1n) is 10.6. The number of rotatable bonds is 7. The van der Waals surface area contributed by atoms with E-state index in [9.17, 15) is 9.59 Å². The molecule has 2 aromatic carbocycles. The molecule has 0 aliphatic heterocycles. The number of benzene rings is 2. The average molecular weight is 444 g/mol. The van der Waals surface area contributed by atoms with Crippen LogP contribution in [0.1, 0.15) is 27.2 Å². The van der Waals surface area contributed by atoms with E-state index < -0.39 is 5.97 Å². The number of anilines is 1. The summed E-state index contributed by atoms with van der Waals surface area (Å²) in [7, 11) is 1.34. The van der Waals surface area contributed by atoms with Crippen LogP contribution in [-0.2, 0) is 24.2 Å². The Hall–Kier alpha value is -4.20. The number of hydrogen-bond donors (Lipinski definition) is 1. The fraction of sp³-hybridized carbons (Fsp3) is 0.200. The van der Waals surface area contributed by atoms with E-state index in [4.69, 9.17) is 10.5 Å². The Morgan fingerprint density at radius 3 is 2.52 bits per heavy atom. The third kappa shape index (κ3) is 5.17. The second kappa shape index (κ2) is 9.52. The maximum atomic E-state index is 12.4. The summed E-state index contributed by atoms with van der Waals surface area (Å²) in [6.07, 6.45) is 0.763.